The molecule has 1 N–H and O–H groups in total. The second-order valence-electron chi connectivity index (χ2n) is 7.74. The molecule has 0 aliphatic carbocycles. The maximum atomic E-state index is 12.9. The molecule has 1 saturated heterocycles. The number of carbonyl (C=O) groups excluding carboxylic acids is 1. The van der Waals surface area contributed by atoms with Crippen LogP contribution in [0, 0.1) is 13.8 Å². The Morgan fingerprint density at radius 1 is 1.19 bits per heavy atom. The van der Waals surface area contributed by atoms with Crippen molar-refractivity contribution in [3.8, 4) is 0 Å². The van der Waals surface area contributed by atoms with Gasteiger partial charge in [-0.2, -0.15) is 18.2 Å². The van der Waals surface area contributed by atoms with Gasteiger partial charge in [0.1, 0.15) is 0 Å². The quantitative estimate of drug-likeness (QED) is 0.669. The lowest BCUT2D eigenvalue weighted by Crippen LogP contribution is -2.31. The van der Waals surface area contributed by atoms with E-state index >= 15 is 0 Å². The molecule has 0 saturated carbocycles. The van der Waals surface area contributed by atoms with Gasteiger partial charge in [-0.3, -0.25) is 4.79 Å². The van der Waals surface area contributed by atoms with Gasteiger partial charge in [0.25, 0.3) is 11.6 Å². The summed E-state index contributed by atoms with van der Waals surface area (Å²) in [7, 11) is 0. The van der Waals surface area contributed by atoms with E-state index in [-0.39, 0.29) is 24.1 Å². The van der Waals surface area contributed by atoms with Gasteiger partial charge in [0.15, 0.2) is 0 Å². The molecule has 1 aliphatic heterocycles. The standard InChI is InChI=1S/C21H23F3N6O/c1-13-17(14(2)30-20(25-13)27-19(28-30)21(22,23)24)8-9-18(31)29-11-10-16(12-29)26-15-6-4-3-5-7-15/h3-7,16,26H,8-12H2,1-2H3. The fourth-order valence-electron chi connectivity index (χ4n) is 3.95. The lowest BCUT2D eigenvalue weighted by Gasteiger charge is -2.18. The van der Waals surface area contributed by atoms with Crippen molar-refractivity contribution < 1.29 is 18.0 Å². The average Bonchev–Trinajstić information content (AvgIpc) is 3.35. The summed E-state index contributed by atoms with van der Waals surface area (Å²) in [6.45, 7) is 4.69. The number of para-hydroxylation sites is 1. The van der Waals surface area contributed by atoms with Crippen molar-refractivity contribution in [2.75, 3.05) is 18.4 Å². The molecule has 164 valence electrons. The van der Waals surface area contributed by atoms with E-state index in [0.717, 1.165) is 22.2 Å². The first-order valence-corrected chi connectivity index (χ1v) is 10.1. The first-order valence-electron chi connectivity index (χ1n) is 10.1. The van der Waals surface area contributed by atoms with Crippen LogP contribution in [0.25, 0.3) is 5.78 Å². The van der Waals surface area contributed by atoms with Crippen molar-refractivity contribution in [2.45, 2.75) is 45.3 Å². The van der Waals surface area contributed by atoms with Crippen LogP contribution in [-0.2, 0) is 17.4 Å². The minimum atomic E-state index is -4.63. The highest BCUT2D eigenvalue weighted by Crippen LogP contribution is 2.27. The number of likely N-dealkylation sites (tertiary alicyclic amines) is 1. The largest absolute Gasteiger partial charge is 0.453 e. The molecule has 0 radical (unpaired) electrons. The smallest absolute Gasteiger partial charge is 0.380 e. The maximum Gasteiger partial charge on any atom is 0.453 e. The molecule has 4 rings (SSSR count). The van der Waals surface area contributed by atoms with Gasteiger partial charge >= 0.3 is 6.18 Å². The van der Waals surface area contributed by atoms with Gasteiger partial charge < -0.3 is 10.2 Å². The number of halogens is 3. The van der Waals surface area contributed by atoms with Crippen molar-refractivity contribution in [3.63, 3.8) is 0 Å². The second-order valence-corrected chi connectivity index (χ2v) is 7.74. The summed E-state index contributed by atoms with van der Waals surface area (Å²) in [4.78, 5) is 22.2. The van der Waals surface area contributed by atoms with Crippen LogP contribution >= 0.6 is 0 Å². The van der Waals surface area contributed by atoms with Gasteiger partial charge in [-0.15, -0.1) is 5.10 Å². The van der Waals surface area contributed by atoms with Crippen molar-refractivity contribution in [2.24, 2.45) is 0 Å². The first-order chi connectivity index (χ1) is 14.7. The minimum Gasteiger partial charge on any atom is -0.380 e. The van der Waals surface area contributed by atoms with Gasteiger partial charge in [0, 0.05) is 42.6 Å². The molecule has 1 fully saturated rings. The fourth-order valence-corrected chi connectivity index (χ4v) is 3.95. The van der Waals surface area contributed by atoms with E-state index in [9.17, 15) is 18.0 Å². The fraction of sp³-hybridized carbons (Fsp3) is 0.429. The Hall–Kier alpha value is -3.17. The van der Waals surface area contributed by atoms with Gasteiger partial charge in [0.2, 0.25) is 5.91 Å². The molecule has 10 heteroatoms. The Morgan fingerprint density at radius 3 is 2.65 bits per heavy atom. The molecule has 1 aromatic carbocycles. The topological polar surface area (TPSA) is 75.4 Å². The van der Waals surface area contributed by atoms with Gasteiger partial charge in [-0.1, -0.05) is 18.2 Å². The molecular weight excluding hydrogens is 409 g/mol. The predicted molar refractivity (Wildman–Crippen MR) is 109 cm³/mol. The zero-order valence-electron chi connectivity index (χ0n) is 17.3. The number of carbonyl (C=O) groups is 1. The number of nitrogens with one attached hydrogen (secondary N) is 1. The van der Waals surface area contributed by atoms with E-state index in [1.165, 1.54) is 0 Å². The Labute approximate surface area is 177 Å². The number of benzene rings is 1. The zero-order chi connectivity index (χ0) is 22.2. The van der Waals surface area contributed by atoms with E-state index in [0.29, 0.717) is 30.9 Å². The summed E-state index contributed by atoms with van der Waals surface area (Å²) >= 11 is 0. The van der Waals surface area contributed by atoms with Crippen LogP contribution in [0.4, 0.5) is 18.9 Å². The van der Waals surface area contributed by atoms with Crippen LogP contribution in [0.3, 0.4) is 0 Å². The van der Waals surface area contributed by atoms with Gasteiger partial charge in [0.05, 0.1) is 0 Å². The van der Waals surface area contributed by atoms with Crippen LogP contribution < -0.4 is 5.32 Å². The lowest BCUT2D eigenvalue weighted by atomic mass is 10.1. The van der Waals surface area contributed by atoms with Crippen LogP contribution in [0.1, 0.15) is 35.6 Å². The van der Waals surface area contributed by atoms with Crippen LogP contribution in [0.5, 0.6) is 0 Å². The Kier molecular flexibility index (Phi) is 5.55. The molecule has 0 spiro atoms. The highest BCUT2D eigenvalue weighted by atomic mass is 19.4. The number of anilines is 1. The van der Waals surface area contributed by atoms with E-state index in [2.05, 4.69) is 20.4 Å². The molecule has 3 heterocycles. The van der Waals surface area contributed by atoms with Crippen molar-refractivity contribution in [1.82, 2.24) is 24.5 Å². The van der Waals surface area contributed by atoms with Crippen LogP contribution in [0.15, 0.2) is 30.3 Å². The number of aromatic nitrogens is 4. The maximum absolute atomic E-state index is 12.9. The lowest BCUT2D eigenvalue weighted by molar-refractivity contribution is -0.144. The van der Waals surface area contributed by atoms with Crippen LogP contribution in [0.2, 0.25) is 0 Å². The number of fused-ring (bicyclic) bond motifs is 1. The van der Waals surface area contributed by atoms with E-state index in [4.69, 9.17) is 0 Å². The van der Waals surface area contributed by atoms with Crippen molar-refractivity contribution in [3.05, 3.63) is 53.1 Å². The third-order valence-electron chi connectivity index (χ3n) is 5.58. The normalized spacial score (nSPS) is 16.8. The Bertz CT molecular complexity index is 1100. The van der Waals surface area contributed by atoms with E-state index in [1.807, 2.05) is 35.2 Å². The molecule has 1 atom stereocenters. The number of aryl methyl sites for hydroxylation is 2. The molecule has 1 amide bonds. The Morgan fingerprint density at radius 2 is 1.94 bits per heavy atom. The number of hydrogen-bond acceptors (Lipinski definition) is 5. The van der Waals surface area contributed by atoms with Crippen molar-refractivity contribution in [1.29, 1.82) is 0 Å². The number of alkyl halides is 3. The summed E-state index contributed by atoms with van der Waals surface area (Å²) in [5.41, 5.74) is 2.82. The molecule has 0 bridgehead atoms. The summed E-state index contributed by atoms with van der Waals surface area (Å²) in [5, 5.41) is 6.99. The summed E-state index contributed by atoms with van der Waals surface area (Å²) < 4.78 is 39.9. The van der Waals surface area contributed by atoms with Gasteiger partial charge in [-0.25, -0.2) is 9.50 Å². The van der Waals surface area contributed by atoms with E-state index < -0.39 is 12.0 Å². The van der Waals surface area contributed by atoms with Crippen LogP contribution in [-0.4, -0.2) is 49.5 Å². The number of nitrogens with zero attached hydrogens (tertiary/aromatic N) is 5. The van der Waals surface area contributed by atoms with Crippen molar-refractivity contribution >= 4 is 17.4 Å². The summed E-state index contributed by atoms with van der Waals surface area (Å²) in [5.74, 6) is -1.29. The average molecular weight is 432 g/mol. The molecule has 3 aromatic rings. The summed E-state index contributed by atoms with van der Waals surface area (Å²) in [6.07, 6.45) is -3.13. The number of rotatable bonds is 5. The predicted octanol–water partition coefficient (Wildman–Crippen LogP) is 3.41. The number of amides is 1. The first kappa shape index (κ1) is 21.1. The van der Waals surface area contributed by atoms with Gasteiger partial charge in [-0.05, 0) is 44.4 Å². The SMILES string of the molecule is Cc1nc2nc(C(F)(F)F)nn2c(C)c1CCC(=O)N1CCC(Nc2ccccc2)C1. The minimum absolute atomic E-state index is 0.0193. The molecule has 31 heavy (non-hydrogen) atoms. The second kappa shape index (κ2) is 8.16. The molecule has 2 aromatic heterocycles. The Balaban J connectivity index is 1.41. The third kappa shape index (κ3) is 4.47. The molecule has 1 unspecified atom stereocenters. The molecule has 7 nitrogen and oxygen atoms in total. The molecule has 1 aliphatic rings. The highest BCUT2D eigenvalue weighted by molar-refractivity contribution is 5.77. The number of hydrogen-bond donors (Lipinski definition) is 1. The molecular formula is C21H23F3N6O. The third-order valence-corrected chi connectivity index (χ3v) is 5.58. The zero-order valence-corrected chi connectivity index (χ0v) is 17.3. The van der Waals surface area contributed by atoms with E-state index in [1.54, 1.807) is 13.8 Å². The monoisotopic (exact) mass is 432 g/mol. The summed E-state index contributed by atoms with van der Waals surface area (Å²) in [6, 6.07) is 10.1. The highest BCUT2D eigenvalue weighted by Gasteiger charge is 2.37.